The van der Waals surface area contributed by atoms with Crippen LogP contribution in [0.25, 0.3) is 0 Å². The van der Waals surface area contributed by atoms with Crippen LogP contribution >= 0.6 is 21.6 Å². The van der Waals surface area contributed by atoms with Gasteiger partial charge in [-0.05, 0) is 63.8 Å². The fraction of sp³-hybridized carbons (Fsp3) is 0.477. The number of aliphatic carboxylic acids is 1. The van der Waals surface area contributed by atoms with Crippen molar-refractivity contribution in [2.45, 2.75) is 131 Å². The lowest BCUT2D eigenvalue weighted by Gasteiger charge is -2.40. The second-order valence-electron chi connectivity index (χ2n) is 17.1. The van der Waals surface area contributed by atoms with E-state index in [1.54, 1.807) is 70.2 Å². The van der Waals surface area contributed by atoms with Crippen molar-refractivity contribution < 1.29 is 48.6 Å². The van der Waals surface area contributed by atoms with E-state index in [4.69, 9.17) is 11.5 Å². The SMILES string of the molecule is CCCC[C@H](NC(=O)C1NC(=O)[C@H](Cc2cnc[nH]2)NC(=O)[C@H](Cc2ccccc2)NC(=O)[C@H](NC(=O)[C@@H](N)Cc2ccc(O)cc2)C(C)(C)SSC1(C)C)C(=O)N[C@@H](CC(=O)O)C(N)=O. The molecule has 1 saturated heterocycles. The van der Waals surface area contributed by atoms with Gasteiger partial charge in [0.15, 0.2) is 0 Å². The fourth-order valence-electron chi connectivity index (χ4n) is 6.91. The first-order valence-corrected chi connectivity index (χ1v) is 23.5. The molecule has 20 nitrogen and oxygen atoms in total. The largest absolute Gasteiger partial charge is 0.508 e. The van der Waals surface area contributed by atoms with Crippen molar-refractivity contribution >= 4 is 68.9 Å². The van der Waals surface area contributed by atoms with Gasteiger partial charge in [-0.25, -0.2) is 4.98 Å². The molecule has 0 aliphatic carbocycles. The number of nitrogens with one attached hydrogen (secondary N) is 7. The normalized spacial score (nSPS) is 21.3. The summed E-state index contributed by atoms with van der Waals surface area (Å²) in [4.78, 5) is 116. The number of aromatic hydroxyl groups is 1. The van der Waals surface area contributed by atoms with Gasteiger partial charge in [-0.15, -0.1) is 0 Å². The van der Waals surface area contributed by atoms with E-state index < -0.39 is 106 Å². The molecule has 22 heteroatoms. The number of nitrogens with zero attached hydrogens (tertiary/aromatic N) is 1. The predicted molar refractivity (Wildman–Crippen MR) is 248 cm³/mol. The van der Waals surface area contributed by atoms with E-state index in [0.29, 0.717) is 29.7 Å². The van der Waals surface area contributed by atoms with Crippen molar-refractivity contribution in [2.75, 3.05) is 0 Å². The number of primary amides is 1. The van der Waals surface area contributed by atoms with Gasteiger partial charge in [-0.3, -0.25) is 38.4 Å². The summed E-state index contributed by atoms with van der Waals surface area (Å²) >= 11 is 0. The molecule has 1 aliphatic rings. The average molecular weight is 953 g/mol. The minimum absolute atomic E-state index is 0.0253. The topological polar surface area (TPSA) is 330 Å². The third kappa shape index (κ3) is 15.5. The van der Waals surface area contributed by atoms with Gasteiger partial charge < -0.3 is 58.6 Å². The van der Waals surface area contributed by atoms with E-state index in [0.717, 1.165) is 21.6 Å². The van der Waals surface area contributed by atoms with Crippen LogP contribution < -0.4 is 43.4 Å². The number of H-pyrrole nitrogens is 1. The Morgan fingerprint density at radius 3 is 2.03 bits per heavy atom. The number of carboxylic acids is 1. The van der Waals surface area contributed by atoms with Crippen LogP contribution in [0.1, 0.15) is 77.1 Å². The van der Waals surface area contributed by atoms with Crippen LogP contribution in [0.4, 0.5) is 0 Å². The molecule has 7 atom stereocenters. The van der Waals surface area contributed by atoms with Crippen molar-refractivity contribution in [3.05, 3.63) is 83.9 Å². The number of rotatable bonds is 18. The number of hydrogen-bond donors (Lipinski definition) is 11. The van der Waals surface area contributed by atoms with Crippen molar-refractivity contribution in [1.82, 2.24) is 41.9 Å². The summed E-state index contributed by atoms with van der Waals surface area (Å²) < 4.78 is -2.53. The minimum atomic E-state index is -1.58. The predicted octanol–water partition coefficient (Wildman–Crippen LogP) is 0.482. The maximum atomic E-state index is 14.6. The fourth-order valence-corrected chi connectivity index (χ4v) is 9.73. The molecule has 1 unspecified atom stereocenters. The zero-order valence-electron chi connectivity index (χ0n) is 37.4. The number of nitrogens with two attached hydrogens (primary N) is 2. The Kier molecular flexibility index (Phi) is 19.0. The number of benzene rings is 2. The van der Waals surface area contributed by atoms with Gasteiger partial charge in [-0.1, -0.05) is 83.8 Å². The number of imidazole rings is 1. The number of unbranched alkanes of at least 4 members (excludes halogenated alkanes) is 1. The standard InChI is InChI=1S/C44H60N10O10S2/c1-6-7-13-29(38(60)50-30(36(46)58)21-33(56)57)49-41(63)35-44(4,5)66-65-43(2,3)34(53-37(59)28(45)18-25-14-16-27(55)17-15-25)42(64)52-31(19-24-11-9-8-10-12-24)39(61)51-32(40(62)54-35)20-26-22-47-23-48-26/h8-12,14-17,22-23,28-32,34-35,55H,6-7,13,18-21,45H2,1-5H3,(H2,46,58)(H,47,48)(H,49,63)(H,50,60)(H,51,61)(H,52,64)(H,53,59)(H,54,62)(H,56,57)/t28-,29-,30-,31-,32-,34-,35?/m0/s1. The number of amides is 7. The van der Waals surface area contributed by atoms with E-state index in [1.807, 2.05) is 6.92 Å². The third-order valence-electron chi connectivity index (χ3n) is 10.7. The molecule has 7 amide bonds. The van der Waals surface area contributed by atoms with Gasteiger partial charge in [0, 0.05) is 34.2 Å². The number of carboxylic acid groups (broad SMARTS) is 1. The number of carbonyl (C=O) groups excluding carboxylic acids is 7. The first kappa shape index (κ1) is 52.5. The maximum absolute atomic E-state index is 14.6. The van der Waals surface area contributed by atoms with Gasteiger partial charge >= 0.3 is 5.97 Å². The van der Waals surface area contributed by atoms with Crippen LogP contribution in [0.5, 0.6) is 5.75 Å². The number of aromatic nitrogens is 2. The molecule has 0 bridgehead atoms. The maximum Gasteiger partial charge on any atom is 0.305 e. The Morgan fingerprint density at radius 1 is 0.803 bits per heavy atom. The van der Waals surface area contributed by atoms with Gasteiger partial charge in [-0.2, -0.15) is 0 Å². The minimum Gasteiger partial charge on any atom is -0.508 e. The molecule has 1 aromatic heterocycles. The highest BCUT2D eigenvalue weighted by atomic mass is 33.1. The number of aromatic amines is 1. The average Bonchev–Trinajstić information content (AvgIpc) is 3.78. The Morgan fingerprint density at radius 2 is 1.42 bits per heavy atom. The highest BCUT2D eigenvalue weighted by molar-refractivity contribution is 8.77. The van der Waals surface area contributed by atoms with Crippen LogP contribution in [-0.2, 0) is 57.6 Å². The highest BCUT2D eigenvalue weighted by Gasteiger charge is 2.46. The van der Waals surface area contributed by atoms with Crippen LogP contribution in [0.2, 0.25) is 0 Å². The van der Waals surface area contributed by atoms with Crippen molar-refractivity contribution in [2.24, 2.45) is 11.5 Å². The smallest absolute Gasteiger partial charge is 0.305 e. The Labute approximate surface area is 390 Å². The summed E-state index contributed by atoms with van der Waals surface area (Å²) in [6.45, 7) is 8.50. The van der Waals surface area contributed by atoms with E-state index in [-0.39, 0.29) is 31.4 Å². The first-order valence-electron chi connectivity index (χ1n) is 21.3. The monoisotopic (exact) mass is 952 g/mol. The molecule has 1 fully saturated rings. The molecule has 1 aliphatic heterocycles. The van der Waals surface area contributed by atoms with Crippen molar-refractivity contribution in [3.8, 4) is 5.75 Å². The molecule has 2 aromatic carbocycles. The molecule has 13 N–H and O–H groups in total. The lowest BCUT2D eigenvalue weighted by Crippen LogP contribution is -2.65. The second-order valence-corrected chi connectivity index (χ2v) is 20.5. The molecule has 358 valence electrons. The number of carbonyl (C=O) groups is 8. The molecular formula is C44H60N10O10S2. The first-order chi connectivity index (χ1) is 31.1. The number of phenols is 1. The summed E-state index contributed by atoms with van der Waals surface area (Å²) in [5.74, 6) is -7.17. The zero-order valence-corrected chi connectivity index (χ0v) is 39.1. The lowest BCUT2D eigenvalue weighted by molar-refractivity contribution is -0.140. The van der Waals surface area contributed by atoms with Gasteiger partial charge in [0.25, 0.3) is 0 Å². The van der Waals surface area contributed by atoms with E-state index in [1.165, 1.54) is 24.7 Å². The molecule has 3 aromatic rings. The van der Waals surface area contributed by atoms with Crippen molar-refractivity contribution in [1.29, 1.82) is 0 Å². The van der Waals surface area contributed by atoms with E-state index in [9.17, 15) is 48.6 Å². The summed E-state index contributed by atoms with van der Waals surface area (Å²) in [5.41, 5.74) is 13.5. The molecule has 0 saturated carbocycles. The number of hydrogen-bond acceptors (Lipinski definition) is 13. The highest BCUT2D eigenvalue weighted by Crippen LogP contribution is 2.47. The summed E-state index contributed by atoms with van der Waals surface area (Å²) in [6.07, 6.45) is 3.02. The summed E-state index contributed by atoms with van der Waals surface area (Å²) in [7, 11) is 2.22. The second kappa shape index (κ2) is 23.9. The molecular weight excluding hydrogens is 893 g/mol. The van der Waals surface area contributed by atoms with Crippen molar-refractivity contribution in [3.63, 3.8) is 0 Å². The van der Waals surface area contributed by atoms with Gasteiger partial charge in [0.2, 0.25) is 41.4 Å². The Bertz CT molecular complexity index is 2180. The van der Waals surface area contributed by atoms with Crippen LogP contribution in [0.15, 0.2) is 67.1 Å². The van der Waals surface area contributed by atoms with Crippen LogP contribution in [0.3, 0.4) is 0 Å². The van der Waals surface area contributed by atoms with Crippen LogP contribution in [-0.4, -0.2) is 119 Å². The molecule has 2 heterocycles. The quantitative estimate of drug-likeness (QED) is 0.0774. The molecule has 4 rings (SSSR count). The summed E-state index contributed by atoms with van der Waals surface area (Å²) in [6, 6.07) is 5.46. The summed E-state index contributed by atoms with van der Waals surface area (Å²) in [5, 5.41) is 35.3. The van der Waals surface area contributed by atoms with E-state index in [2.05, 4.69) is 41.9 Å². The molecule has 66 heavy (non-hydrogen) atoms. The van der Waals surface area contributed by atoms with Gasteiger partial charge in [0.05, 0.1) is 18.8 Å². The third-order valence-corrected chi connectivity index (χ3v) is 15.0. The molecule has 0 spiro atoms. The number of phenolic OH excluding ortho intramolecular Hbond substituents is 1. The molecule has 0 radical (unpaired) electrons. The van der Waals surface area contributed by atoms with E-state index >= 15 is 0 Å². The van der Waals surface area contributed by atoms with Gasteiger partial charge in [0.1, 0.15) is 42.0 Å². The zero-order chi connectivity index (χ0) is 48.8. The Balaban J connectivity index is 1.78. The Hall–Kier alpha value is -6.13. The van der Waals surface area contributed by atoms with Crippen LogP contribution in [0, 0.1) is 0 Å². The lowest BCUT2D eigenvalue weighted by atomic mass is 9.98.